The Morgan fingerprint density at radius 3 is 2.65 bits per heavy atom. The first-order valence-electron chi connectivity index (χ1n) is 7.47. The molecule has 0 radical (unpaired) electrons. The minimum absolute atomic E-state index is 0.240. The van der Waals surface area contributed by atoms with E-state index in [1.807, 2.05) is 57.2 Å². The summed E-state index contributed by atoms with van der Waals surface area (Å²) in [6.45, 7) is 6.92. The Morgan fingerprint density at radius 2 is 1.91 bits per heavy atom. The van der Waals surface area contributed by atoms with Gasteiger partial charge in [-0.3, -0.25) is 0 Å². The van der Waals surface area contributed by atoms with Gasteiger partial charge in [0.2, 0.25) is 0 Å². The Kier molecular flexibility index (Phi) is 6.04. The number of aryl methyl sites for hydroxylation is 2. The van der Waals surface area contributed by atoms with Gasteiger partial charge in [0.1, 0.15) is 12.4 Å². The second-order valence-corrected chi connectivity index (χ2v) is 6.25. The van der Waals surface area contributed by atoms with E-state index in [0.29, 0.717) is 13.2 Å². The van der Waals surface area contributed by atoms with Crippen molar-refractivity contribution in [1.29, 1.82) is 0 Å². The largest absolute Gasteiger partial charge is 0.491 e. The molecule has 2 rings (SSSR count). The van der Waals surface area contributed by atoms with Crippen molar-refractivity contribution < 1.29 is 9.53 Å². The first-order chi connectivity index (χ1) is 11.0. The quantitative estimate of drug-likeness (QED) is 0.750. The predicted octanol–water partition coefficient (Wildman–Crippen LogP) is 4.57. The lowest BCUT2D eigenvalue weighted by Gasteiger charge is -2.12. The van der Waals surface area contributed by atoms with Crippen LogP contribution >= 0.6 is 15.9 Å². The van der Waals surface area contributed by atoms with Gasteiger partial charge in [-0.1, -0.05) is 28.1 Å². The Hall–Kier alpha value is -2.01. The van der Waals surface area contributed by atoms with E-state index < -0.39 is 0 Å². The second kappa shape index (κ2) is 8.02. The number of rotatable bonds is 5. The zero-order valence-electron chi connectivity index (χ0n) is 13.6. The number of carbonyl (C=O) groups is 1. The number of nitrogens with one attached hydrogen (secondary N) is 2. The maximum atomic E-state index is 11.9. The lowest BCUT2D eigenvalue weighted by molar-refractivity contribution is 0.247. The molecule has 0 atom stereocenters. The number of anilines is 1. The Balaban J connectivity index is 1.76. The number of ether oxygens (including phenoxy) is 1. The molecule has 0 bridgehead atoms. The molecule has 2 aromatic rings. The van der Waals surface area contributed by atoms with Crippen molar-refractivity contribution in [2.45, 2.75) is 20.8 Å². The number of benzene rings is 2. The number of hydrogen-bond acceptors (Lipinski definition) is 2. The molecule has 2 aromatic carbocycles. The van der Waals surface area contributed by atoms with E-state index in [9.17, 15) is 4.79 Å². The van der Waals surface area contributed by atoms with Crippen molar-refractivity contribution >= 4 is 27.6 Å². The minimum Gasteiger partial charge on any atom is -0.491 e. The third-order valence-electron chi connectivity index (χ3n) is 3.62. The third-order valence-corrected chi connectivity index (χ3v) is 4.51. The lowest BCUT2D eigenvalue weighted by atomic mass is 10.1. The molecule has 0 saturated carbocycles. The number of urea groups is 1. The second-order valence-electron chi connectivity index (χ2n) is 5.39. The van der Waals surface area contributed by atoms with E-state index >= 15 is 0 Å². The van der Waals surface area contributed by atoms with Gasteiger partial charge in [0.05, 0.1) is 6.54 Å². The molecule has 0 heterocycles. The molecule has 122 valence electrons. The zero-order valence-corrected chi connectivity index (χ0v) is 15.2. The van der Waals surface area contributed by atoms with Crippen LogP contribution in [0.25, 0.3) is 0 Å². The summed E-state index contributed by atoms with van der Waals surface area (Å²) < 4.78 is 6.72. The molecule has 0 aliphatic heterocycles. The summed E-state index contributed by atoms with van der Waals surface area (Å²) in [7, 11) is 0. The maximum Gasteiger partial charge on any atom is 0.319 e. The fourth-order valence-electron chi connectivity index (χ4n) is 2.10. The first kappa shape index (κ1) is 17.3. The average Bonchev–Trinajstić information content (AvgIpc) is 2.51. The van der Waals surface area contributed by atoms with Crippen LogP contribution in [0.4, 0.5) is 10.5 Å². The molecule has 0 aliphatic rings. The number of carbonyl (C=O) groups excluding carboxylic acids is 1. The molecule has 0 spiro atoms. The van der Waals surface area contributed by atoms with Crippen LogP contribution in [0.5, 0.6) is 5.75 Å². The number of hydrogen-bond donors (Lipinski definition) is 2. The molecule has 0 unspecified atom stereocenters. The first-order valence-corrected chi connectivity index (χ1v) is 8.26. The summed E-state index contributed by atoms with van der Waals surface area (Å²) in [6, 6.07) is 11.4. The highest BCUT2D eigenvalue weighted by Crippen LogP contribution is 2.21. The van der Waals surface area contributed by atoms with Crippen molar-refractivity contribution in [2.24, 2.45) is 0 Å². The minimum atomic E-state index is -0.240. The molecule has 0 saturated heterocycles. The fourth-order valence-corrected chi connectivity index (χ4v) is 2.35. The smallest absolute Gasteiger partial charge is 0.319 e. The summed E-state index contributed by atoms with van der Waals surface area (Å²) >= 11 is 3.44. The standard InChI is InChI=1S/C18H21BrN2O2/c1-12-5-4-6-17(14(12)3)23-10-9-20-18(22)21-15-7-8-16(19)13(2)11-15/h4-8,11H,9-10H2,1-3H3,(H2,20,21,22). The van der Waals surface area contributed by atoms with E-state index in [1.165, 1.54) is 5.56 Å². The normalized spacial score (nSPS) is 10.3. The predicted molar refractivity (Wildman–Crippen MR) is 97.3 cm³/mol. The van der Waals surface area contributed by atoms with E-state index in [2.05, 4.69) is 26.6 Å². The highest BCUT2D eigenvalue weighted by molar-refractivity contribution is 9.10. The fraction of sp³-hybridized carbons (Fsp3) is 0.278. The van der Waals surface area contributed by atoms with E-state index in [4.69, 9.17) is 4.74 Å². The monoisotopic (exact) mass is 376 g/mol. The third kappa shape index (κ3) is 4.99. The van der Waals surface area contributed by atoms with Crippen LogP contribution in [0.1, 0.15) is 16.7 Å². The summed E-state index contributed by atoms with van der Waals surface area (Å²) in [5.74, 6) is 0.857. The van der Waals surface area contributed by atoms with Gasteiger partial charge in [-0.15, -0.1) is 0 Å². The van der Waals surface area contributed by atoms with Gasteiger partial charge in [-0.25, -0.2) is 4.79 Å². The van der Waals surface area contributed by atoms with Crippen molar-refractivity contribution in [3.05, 3.63) is 57.6 Å². The van der Waals surface area contributed by atoms with Crippen LogP contribution in [-0.2, 0) is 0 Å². The number of halogens is 1. The summed E-state index contributed by atoms with van der Waals surface area (Å²) in [6.07, 6.45) is 0. The zero-order chi connectivity index (χ0) is 16.8. The van der Waals surface area contributed by atoms with Gasteiger partial charge in [0.15, 0.2) is 0 Å². The molecular weight excluding hydrogens is 356 g/mol. The molecule has 23 heavy (non-hydrogen) atoms. The molecule has 0 aliphatic carbocycles. The highest BCUT2D eigenvalue weighted by atomic mass is 79.9. The van der Waals surface area contributed by atoms with Gasteiger partial charge in [0, 0.05) is 10.2 Å². The van der Waals surface area contributed by atoms with Gasteiger partial charge in [-0.05, 0) is 61.7 Å². The van der Waals surface area contributed by atoms with Gasteiger partial charge in [-0.2, -0.15) is 0 Å². The summed E-state index contributed by atoms with van der Waals surface area (Å²) in [5, 5.41) is 5.59. The van der Waals surface area contributed by atoms with Crippen molar-refractivity contribution in [1.82, 2.24) is 5.32 Å². The van der Waals surface area contributed by atoms with Crippen LogP contribution in [-0.4, -0.2) is 19.2 Å². The van der Waals surface area contributed by atoms with E-state index in [-0.39, 0.29) is 6.03 Å². The topological polar surface area (TPSA) is 50.4 Å². The van der Waals surface area contributed by atoms with Crippen molar-refractivity contribution in [2.75, 3.05) is 18.5 Å². The van der Waals surface area contributed by atoms with Crippen molar-refractivity contribution in [3.8, 4) is 5.75 Å². The highest BCUT2D eigenvalue weighted by Gasteiger charge is 2.04. The van der Waals surface area contributed by atoms with Gasteiger partial charge in [0.25, 0.3) is 0 Å². The Morgan fingerprint density at radius 1 is 1.13 bits per heavy atom. The average molecular weight is 377 g/mol. The molecule has 2 amide bonds. The summed E-state index contributed by atoms with van der Waals surface area (Å²) in [5.41, 5.74) is 4.15. The SMILES string of the molecule is Cc1cc(NC(=O)NCCOc2cccc(C)c2C)ccc1Br. The van der Waals surface area contributed by atoms with Gasteiger partial charge < -0.3 is 15.4 Å². The molecule has 2 N–H and O–H groups in total. The molecule has 0 aromatic heterocycles. The molecule has 5 heteroatoms. The Bertz CT molecular complexity index is 701. The van der Waals surface area contributed by atoms with E-state index in [0.717, 1.165) is 27.0 Å². The lowest BCUT2D eigenvalue weighted by Crippen LogP contribution is -2.32. The maximum absolute atomic E-state index is 11.9. The van der Waals surface area contributed by atoms with Crippen LogP contribution < -0.4 is 15.4 Å². The van der Waals surface area contributed by atoms with Crippen molar-refractivity contribution in [3.63, 3.8) is 0 Å². The molecule has 4 nitrogen and oxygen atoms in total. The molecule has 0 fully saturated rings. The summed E-state index contributed by atoms with van der Waals surface area (Å²) in [4.78, 5) is 11.9. The van der Waals surface area contributed by atoms with Crippen LogP contribution in [0, 0.1) is 20.8 Å². The van der Waals surface area contributed by atoms with E-state index in [1.54, 1.807) is 0 Å². The van der Waals surface area contributed by atoms with Crippen LogP contribution in [0.3, 0.4) is 0 Å². The van der Waals surface area contributed by atoms with Gasteiger partial charge >= 0.3 is 6.03 Å². The van der Waals surface area contributed by atoms with Crippen LogP contribution in [0.15, 0.2) is 40.9 Å². The Labute approximate surface area is 145 Å². The molecular formula is C18H21BrN2O2. The van der Waals surface area contributed by atoms with Crippen LogP contribution in [0.2, 0.25) is 0 Å². The number of amides is 2.